The number of amides is 2. The predicted octanol–water partition coefficient (Wildman–Crippen LogP) is -1.09. The molecule has 1 aromatic heterocycles. The summed E-state index contributed by atoms with van der Waals surface area (Å²) in [5, 5.41) is 11.5. The molecule has 0 unspecified atom stereocenters. The first-order valence-electron chi connectivity index (χ1n) is 6.73. The van der Waals surface area contributed by atoms with Crippen LogP contribution in [0.15, 0.2) is 18.6 Å². The minimum absolute atomic E-state index is 0.00688. The molecule has 0 bridgehead atoms. The molecule has 22 heavy (non-hydrogen) atoms. The van der Waals surface area contributed by atoms with E-state index in [1.807, 2.05) is 0 Å². The standard InChI is InChI=1S/C13H16N4O5/c18-11(17-3-5-22-6-4-17)7-9(13(20)21)16-12(19)10-8-14-1-2-15-10/h1-2,8-9H,3-7H2,(H,16,19)(H,20,21)/t9-/m1/s1. The molecule has 1 aliphatic rings. The molecule has 118 valence electrons. The van der Waals surface area contributed by atoms with Gasteiger partial charge in [0.05, 0.1) is 25.8 Å². The zero-order valence-corrected chi connectivity index (χ0v) is 11.8. The maximum Gasteiger partial charge on any atom is 0.326 e. The number of nitrogens with one attached hydrogen (secondary N) is 1. The highest BCUT2D eigenvalue weighted by Crippen LogP contribution is 2.04. The van der Waals surface area contributed by atoms with E-state index in [4.69, 9.17) is 4.74 Å². The van der Waals surface area contributed by atoms with Crippen LogP contribution in [0.1, 0.15) is 16.9 Å². The second-order valence-electron chi connectivity index (χ2n) is 4.65. The first-order chi connectivity index (χ1) is 10.6. The maximum atomic E-state index is 12.1. The molecule has 2 rings (SSSR count). The van der Waals surface area contributed by atoms with Crippen LogP contribution in [0, 0.1) is 0 Å². The number of nitrogens with zero attached hydrogens (tertiary/aromatic N) is 3. The Labute approximate surface area is 126 Å². The third kappa shape index (κ3) is 4.22. The fourth-order valence-electron chi connectivity index (χ4n) is 1.97. The second-order valence-corrected chi connectivity index (χ2v) is 4.65. The number of carbonyl (C=O) groups excluding carboxylic acids is 2. The molecular weight excluding hydrogens is 292 g/mol. The molecule has 2 N–H and O–H groups in total. The lowest BCUT2D eigenvalue weighted by atomic mass is 10.1. The summed E-state index contributed by atoms with van der Waals surface area (Å²) in [6.45, 7) is 1.69. The lowest BCUT2D eigenvalue weighted by molar-refractivity contribution is -0.144. The largest absolute Gasteiger partial charge is 0.480 e. The summed E-state index contributed by atoms with van der Waals surface area (Å²) in [5.41, 5.74) is -0.00688. The predicted molar refractivity (Wildman–Crippen MR) is 72.9 cm³/mol. The Morgan fingerprint density at radius 2 is 2.05 bits per heavy atom. The molecule has 1 aromatic rings. The molecule has 1 saturated heterocycles. The molecular formula is C13H16N4O5. The number of aromatic nitrogens is 2. The van der Waals surface area contributed by atoms with Crippen LogP contribution in [0.3, 0.4) is 0 Å². The molecule has 9 nitrogen and oxygen atoms in total. The van der Waals surface area contributed by atoms with Crippen molar-refractivity contribution in [2.75, 3.05) is 26.3 Å². The van der Waals surface area contributed by atoms with Gasteiger partial charge in [0.2, 0.25) is 5.91 Å². The lowest BCUT2D eigenvalue weighted by Gasteiger charge is -2.28. The quantitative estimate of drug-likeness (QED) is 0.708. The average molecular weight is 308 g/mol. The van der Waals surface area contributed by atoms with Crippen molar-refractivity contribution in [1.29, 1.82) is 0 Å². The van der Waals surface area contributed by atoms with Crippen LogP contribution in [0.25, 0.3) is 0 Å². The third-order valence-electron chi connectivity index (χ3n) is 3.14. The molecule has 1 aliphatic heterocycles. The summed E-state index contributed by atoms with van der Waals surface area (Å²) in [7, 11) is 0. The van der Waals surface area contributed by atoms with Gasteiger partial charge in [-0.1, -0.05) is 0 Å². The molecule has 0 aliphatic carbocycles. The first kappa shape index (κ1) is 15.8. The topological polar surface area (TPSA) is 122 Å². The van der Waals surface area contributed by atoms with E-state index < -0.39 is 17.9 Å². The number of aliphatic carboxylic acids is 1. The summed E-state index contributed by atoms with van der Waals surface area (Å²) >= 11 is 0. The van der Waals surface area contributed by atoms with E-state index in [2.05, 4.69) is 15.3 Å². The molecule has 0 radical (unpaired) electrons. The lowest BCUT2D eigenvalue weighted by Crippen LogP contribution is -2.47. The highest BCUT2D eigenvalue weighted by molar-refractivity contribution is 5.96. The summed E-state index contributed by atoms with van der Waals surface area (Å²) in [6.07, 6.45) is 3.62. The van der Waals surface area contributed by atoms with Gasteiger partial charge in [-0.15, -0.1) is 0 Å². The number of ether oxygens (including phenoxy) is 1. The second kappa shape index (κ2) is 7.46. The molecule has 2 amide bonds. The molecule has 1 fully saturated rings. The van der Waals surface area contributed by atoms with E-state index in [9.17, 15) is 19.5 Å². The van der Waals surface area contributed by atoms with Crippen molar-refractivity contribution in [1.82, 2.24) is 20.2 Å². The highest BCUT2D eigenvalue weighted by Gasteiger charge is 2.27. The van der Waals surface area contributed by atoms with Gasteiger partial charge in [-0.05, 0) is 0 Å². The average Bonchev–Trinajstić information content (AvgIpc) is 2.55. The number of carboxylic acids is 1. The first-order valence-corrected chi connectivity index (χ1v) is 6.73. The van der Waals surface area contributed by atoms with Crippen molar-refractivity contribution in [3.8, 4) is 0 Å². The Kier molecular flexibility index (Phi) is 5.37. The van der Waals surface area contributed by atoms with E-state index in [-0.39, 0.29) is 18.0 Å². The van der Waals surface area contributed by atoms with E-state index >= 15 is 0 Å². The summed E-state index contributed by atoms with van der Waals surface area (Å²) in [6, 6.07) is -1.31. The molecule has 2 heterocycles. The monoisotopic (exact) mass is 308 g/mol. The van der Waals surface area contributed by atoms with Crippen LogP contribution in [0.4, 0.5) is 0 Å². The van der Waals surface area contributed by atoms with Crippen molar-refractivity contribution in [3.05, 3.63) is 24.3 Å². The van der Waals surface area contributed by atoms with Crippen LogP contribution in [0.5, 0.6) is 0 Å². The van der Waals surface area contributed by atoms with Crippen molar-refractivity contribution in [2.45, 2.75) is 12.5 Å². The van der Waals surface area contributed by atoms with Crippen molar-refractivity contribution in [2.24, 2.45) is 0 Å². The minimum atomic E-state index is -1.31. The number of rotatable bonds is 5. The number of hydrogen-bond donors (Lipinski definition) is 2. The fourth-order valence-corrected chi connectivity index (χ4v) is 1.97. The minimum Gasteiger partial charge on any atom is -0.480 e. The SMILES string of the molecule is O=C(N[C@H](CC(=O)N1CCOCC1)C(=O)O)c1cnccn1. The van der Waals surface area contributed by atoms with Gasteiger partial charge in [0.25, 0.3) is 5.91 Å². The molecule has 1 atom stereocenters. The Hall–Kier alpha value is -2.55. The summed E-state index contributed by atoms with van der Waals surface area (Å²) in [5.74, 6) is -2.30. The fraction of sp³-hybridized carbons (Fsp3) is 0.462. The van der Waals surface area contributed by atoms with Gasteiger partial charge in [-0.3, -0.25) is 14.6 Å². The molecule has 0 aromatic carbocycles. The van der Waals surface area contributed by atoms with Crippen molar-refractivity contribution >= 4 is 17.8 Å². The van der Waals surface area contributed by atoms with Crippen LogP contribution in [0.2, 0.25) is 0 Å². The highest BCUT2D eigenvalue weighted by atomic mass is 16.5. The van der Waals surface area contributed by atoms with Gasteiger partial charge in [-0.2, -0.15) is 0 Å². The van der Waals surface area contributed by atoms with Gasteiger partial charge in [-0.25, -0.2) is 9.78 Å². The van der Waals surface area contributed by atoms with E-state index in [1.165, 1.54) is 23.5 Å². The van der Waals surface area contributed by atoms with E-state index in [0.717, 1.165) is 0 Å². The van der Waals surface area contributed by atoms with E-state index in [1.54, 1.807) is 0 Å². The Morgan fingerprint density at radius 1 is 1.32 bits per heavy atom. The maximum absolute atomic E-state index is 12.1. The van der Waals surface area contributed by atoms with Crippen LogP contribution in [-0.4, -0.2) is 70.1 Å². The van der Waals surface area contributed by atoms with Crippen molar-refractivity contribution < 1.29 is 24.2 Å². The van der Waals surface area contributed by atoms with Crippen LogP contribution in [-0.2, 0) is 14.3 Å². The summed E-state index contributed by atoms with van der Waals surface area (Å²) in [4.78, 5) is 44.2. The zero-order valence-electron chi connectivity index (χ0n) is 11.8. The van der Waals surface area contributed by atoms with E-state index in [0.29, 0.717) is 26.3 Å². The third-order valence-corrected chi connectivity index (χ3v) is 3.14. The Balaban J connectivity index is 1.96. The molecule has 0 spiro atoms. The Bertz CT molecular complexity index is 545. The van der Waals surface area contributed by atoms with Gasteiger partial charge in [0.1, 0.15) is 11.7 Å². The number of hydrogen-bond acceptors (Lipinski definition) is 6. The normalized spacial score (nSPS) is 15.9. The Morgan fingerprint density at radius 3 is 2.64 bits per heavy atom. The molecule has 0 saturated carbocycles. The number of carbonyl (C=O) groups is 3. The van der Waals surface area contributed by atoms with Gasteiger partial charge < -0.3 is 20.1 Å². The van der Waals surface area contributed by atoms with Crippen LogP contribution >= 0.6 is 0 Å². The number of carboxylic acid groups (broad SMARTS) is 1. The van der Waals surface area contributed by atoms with Gasteiger partial charge in [0.15, 0.2) is 0 Å². The smallest absolute Gasteiger partial charge is 0.326 e. The molecule has 9 heteroatoms. The summed E-state index contributed by atoms with van der Waals surface area (Å²) < 4.78 is 5.13. The van der Waals surface area contributed by atoms with Gasteiger partial charge >= 0.3 is 5.97 Å². The van der Waals surface area contributed by atoms with Gasteiger partial charge in [0, 0.05) is 25.5 Å². The number of morpholine rings is 1. The zero-order chi connectivity index (χ0) is 15.9. The van der Waals surface area contributed by atoms with Crippen LogP contribution < -0.4 is 5.32 Å². The van der Waals surface area contributed by atoms with Crippen molar-refractivity contribution in [3.63, 3.8) is 0 Å².